The Kier molecular flexibility index (Phi) is 3.13. The van der Waals surface area contributed by atoms with Gasteiger partial charge in [-0.3, -0.25) is 10.4 Å². The number of halogens is 3. The van der Waals surface area contributed by atoms with Gasteiger partial charge in [0.25, 0.3) is 0 Å². The first-order valence-electron chi connectivity index (χ1n) is 3.88. The van der Waals surface area contributed by atoms with E-state index in [-0.39, 0.29) is 17.1 Å². The summed E-state index contributed by atoms with van der Waals surface area (Å²) in [6, 6.07) is 1.31. The topological polar surface area (TPSA) is 72.0 Å². The van der Waals surface area contributed by atoms with E-state index in [0.29, 0.717) is 0 Å². The van der Waals surface area contributed by atoms with Gasteiger partial charge in [-0.1, -0.05) is 0 Å². The molecular weight excluding hydrogens is 211 g/mol. The Labute approximate surface area is 83.4 Å². The Bertz CT molecular complexity index is 364. The fraction of sp³-hybridized carbons (Fsp3) is 0.250. The second-order valence-electron chi connectivity index (χ2n) is 2.69. The first-order valence-corrected chi connectivity index (χ1v) is 3.88. The van der Waals surface area contributed by atoms with Gasteiger partial charge in [0.2, 0.25) is 0 Å². The standard InChI is InChI=1S/C8H8F3N3O/c9-8(10,11)4-15-6-3-14-2-1-5(6)7(12)13/h1-3H,4H2,(H3,12,13). The number of nitrogens with one attached hydrogen (secondary N) is 1. The highest BCUT2D eigenvalue weighted by Crippen LogP contribution is 2.20. The number of nitrogens with two attached hydrogens (primary N) is 1. The monoisotopic (exact) mass is 219 g/mol. The predicted octanol–water partition coefficient (Wildman–Crippen LogP) is 1.31. The molecule has 3 N–H and O–H groups in total. The normalized spacial score (nSPS) is 11.1. The summed E-state index contributed by atoms with van der Waals surface area (Å²) in [7, 11) is 0. The Hall–Kier alpha value is -1.79. The number of rotatable bonds is 3. The maximum absolute atomic E-state index is 11.8. The van der Waals surface area contributed by atoms with E-state index in [9.17, 15) is 13.2 Å². The van der Waals surface area contributed by atoms with Crippen LogP contribution in [0, 0.1) is 5.41 Å². The van der Waals surface area contributed by atoms with E-state index in [1.807, 2.05) is 0 Å². The van der Waals surface area contributed by atoms with Crippen LogP contribution in [0.25, 0.3) is 0 Å². The molecule has 0 amide bonds. The van der Waals surface area contributed by atoms with E-state index in [0.717, 1.165) is 6.20 Å². The maximum atomic E-state index is 11.8. The van der Waals surface area contributed by atoms with Crippen molar-refractivity contribution in [2.24, 2.45) is 5.73 Å². The summed E-state index contributed by atoms with van der Waals surface area (Å²) in [5, 5.41) is 7.10. The lowest BCUT2D eigenvalue weighted by molar-refractivity contribution is -0.153. The minimum atomic E-state index is -4.43. The van der Waals surface area contributed by atoms with Crippen LogP contribution in [-0.4, -0.2) is 23.6 Å². The lowest BCUT2D eigenvalue weighted by Crippen LogP contribution is -2.21. The number of amidine groups is 1. The summed E-state index contributed by atoms with van der Waals surface area (Å²) in [4.78, 5) is 3.58. The molecule has 0 unspecified atom stereocenters. The zero-order valence-electron chi connectivity index (χ0n) is 7.51. The molecule has 82 valence electrons. The molecule has 0 fully saturated rings. The number of aromatic nitrogens is 1. The van der Waals surface area contributed by atoms with Crippen molar-refractivity contribution in [2.75, 3.05) is 6.61 Å². The molecule has 0 aliphatic carbocycles. The third-order valence-corrected chi connectivity index (χ3v) is 1.47. The summed E-state index contributed by atoms with van der Waals surface area (Å²) in [5.41, 5.74) is 5.24. The molecule has 0 radical (unpaired) electrons. The second kappa shape index (κ2) is 4.16. The van der Waals surface area contributed by atoms with Gasteiger partial charge in [0.15, 0.2) is 6.61 Å². The lowest BCUT2D eigenvalue weighted by Gasteiger charge is -2.11. The van der Waals surface area contributed by atoms with Crippen LogP contribution in [-0.2, 0) is 0 Å². The Morgan fingerprint density at radius 1 is 1.53 bits per heavy atom. The number of nitrogens with zero attached hydrogens (tertiary/aromatic N) is 1. The van der Waals surface area contributed by atoms with E-state index in [1.54, 1.807) is 0 Å². The van der Waals surface area contributed by atoms with Crippen molar-refractivity contribution in [3.63, 3.8) is 0 Å². The molecule has 1 rings (SSSR count). The van der Waals surface area contributed by atoms with Gasteiger partial charge in [-0.05, 0) is 6.07 Å². The minimum absolute atomic E-state index is 0.0919. The molecule has 0 bridgehead atoms. The van der Waals surface area contributed by atoms with Gasteiger partial charge in [0.05, 0.1) is 11.8 Å². The molecule has 0 spiro atoms. The lowest BCUT2D eigenvalue weighted by atomic mass is 10.2. The van der Waals surface area contributed by atoms with Crippen molar-refractivity contribution < 1.29 is 17.9 Å². The van der Waals surface area contributed by atoms with Crippen molar-refractivity contribution in [1.82, 2.24) is 4.98 Å². The SMILES string of the molecule is N=C(N)c1ccncc1OCC(F)(F)F. The third-order valence-electron chi connectivity index (χ3n) is 1.47. The number of hydrogen-bond donors (Lipinski definition) is 2. The van der Waals surface area contributed by atoms with Crippen LogP contribution in [0.3, 0.4) is 0 Å². The minimum Gasteiger partial charge on any atom is -0.482 e. The fourth-order valence-electron chi connectivity index (χ4n) is 0.877. The van der Waals surface area contributed by atoms with Crippen LogP contribution in [0.15, 0.2) is 18.5 Å². The maximum Gasteiger partial charge on any atom is 0.422 e. The third kappa shape index (κ3) is 3.45. The second-order valence-corrected chi connectivity index (χ2v) is 2.69. The first-order chi connectivity index (χ1) is 6.90. The van der Waals surface area contributed by atoms with Gasteiger partial charge in [0, 0.05) is 6.20 Å². The molecule has 15 heavy (non-hydrogen) atoms. The molecule has 0 aliphatic heterocycles. The van der Waals surface area contributed by atoms with Crippen LogP contribution < -0.4 is 10.5 Å². The van der Waals surface area contributed by atoms with E-state index >= 15 is 0 Å². The number of ether oxygens (including phenoxy) is 1. The Morgan fingerprint density at radius 3 is 2.73 bits per heavy atom. The summed E-state index contributed by atoms with van der Waals surface area (Å²) >= 11 is 0. The van der Waals surface area contributed by atoms with E-state index < -0.39 is 12.8 Å². The fourth-order valence-corrected chi connectivity index (χ4v) is 0.877. The van der Waals surface area contributed by atoms with Gasteiger partial charge in [-0.2, -0.15) is 13.2 Å². The Balaban J connectivity index is 2.81. The highest BCUT2D eigenvalue weighted by Gasteiger charge is 2.28. The van der Waals surface area contributed by atoms with Crippen LogP contribution in [0.1, 0.15) is 5.56 Å². The Morgan fingerprint density at radius 2 is 2.20 bits per heavy atom. The van der Waals surface area contributed by atoms with Gasteiger partial charge >= 0.3 is 6.18 Å². The van der Waals surface area contributed by atoms with Gasteiger partial charge in [-0.15, -0.1) is 0 Å². The zero-order chi connectivity index (χ0) is 11.5. The quantitative estimate of drug-likeness (QED) is 0.594. The molecule has 7 heteroatoms. The van der Waals surface area contributed by atoms with E-state index in [4.69, 9.17) is 11.1 Å². The number of alkyl halides is 3. The van der Waals surface area contributed by atoms with Gasteiger partial charge in [-0.25, -0.2) is 0 Å². The number of hydrogen-bond acceptors (Lipinski definition) is 3. The van der Waals surface area contributed by atoms with Crippen molar-refractivity contribution in [3.05, 3.63) is 24.0 Å². The first kappa shape index (κ1) is 11.3. The van der Waals surface area contributed by atoms with Gasteiger partial charge in [0.1, 0.15) is 11.6 Å². The number of pyridine rings is 1. The summed E-state index contributed by atoms with van der Waals surface area (Å²) in [5.74, 6) is -0.517. The molecule has 1 aromatic rings. The molecule has 0 atom stereocenters. The highest BCUT2D eigenvalue weighted by atomic mass is 19.4. The van der Waals surface area contributed by atoms with Crippen LogP contribution in [0.5, 0.6) is 5.75 Å². The average molecular weight is 219 g/mol. The van der Waals surface area contributed by atoms with E-state index in [1.165, 1.54) is 12.3 Å². The van der Waals surface area contributed by atoms with Crippen molar-refractivity contribution in [1.29, 1.82) is 5.41 Å². The molecule has 0 saturated heterocycles. The predicted molar refractivity (Wildman–Crippen MR) is 46.8 cm³/mol. The largest absolute Gasteiger partial charge is 0.482 e. The van der Waals surface area contributed by atoms with Crippen molar-refractivity contribution >= 4 is 5.84 Å². The summed E-state index contributed by atoms with van der Waals surface area (Å²) < 4.78 is 40.0. The van der Waals surface area contributed by atoms with E-state index in [2.05, 4.69) is 9.72 Å². The van der Waals surface area contributed by atoms with Crippen molar-refractivity contribution in [2.45, 2.75) is 6.18 Å². The molecule has 0 aliphatic rings. The zero-order valence-corrected chi connectivity index (χ0v) is 7.51. The smallest absolute Gasteiger partial charge is 0.422 e. The number of nitrogen functional groups attached to an aromatic ring is 1. The van der Waals surface area contributed by atoms with Crippen LogP contribution >= 0.6 is 0 Å². The molecule has 0 saturated carbocycles. The molecule has 1 heterocycles. The molecule has 0 aromatic carbocycles. The summed E-state index contributed by atoms with van der Waals surface area (Å²) in [6.07, 6.45) is -2.02. The molecule has 1 aromatic heterocycles. The summed E-state index contributed by atoms with van der Waals surface area (Å²) in [6.45, 7) is -1.43. The highest BCUT2D eigenvalue weighted by molar-refractivity contribution is 5.97. The van der Waals surface area contributed by atoms with Crippen molar-refractivity contribution in [3.8, 4) is 5.75 Å². The molecular formula is C8H8F3N3O. The van der Waals surface area contributed by atoms with Crippen LogP contribution in [0.4, 0.5) is 13.2 Å². The van der Waals surface area contributed by atoms with Crippen LogP contribution in [0.2, 0.25) is 0 Å². The average Bonchev–Trinajstić information content (AvgIpc) is 2.14. The molecule has 4 nitrogen and oxygen atoms in total. The van der Waals surface area contributed by atoms with Gasteiger partial charge < -0.3 is 10.5 Å².